The number of carbonyl (C=O) groups excluding carboxylic acids is 1. The second-order valence-electron chi connectivity index (χ2n) is 5.88. The third kappa shape index (κ3) is 3.75. The summed E-state index contributed by atoms with van der Waals surface area (Å²) in [6.07, 6.45) is 0. The average molecular weight is 330 g/mol. The van der Waals surface area contributed by atoms with Crippen LogP contribution in [0.4, 0.5) is 0 Å². The number of aryl methyl sites for hydroxylation is 2. The van der Waals surface area contributed by atoms with E-state index in [0.717, 1.165) is 22.6 Å². The van der Waals surface area contributed by atoms with Crippen LogP contribution in [0.1, 0.15) is 32.9 Å². The molecule has 0 aliphatic heterocycles. The predicted molar refractivity (Wildman–Crippen MR) is 95.4 cm³/mol. The van der Waals surface area contributed by atoms with Crippen LogP contribution in [0.15, 0.2) is 54.6 Å². The van der Waals surface area contributed by atoms with Crippen LogP contribution in [0.2, 0.25) is 0 Å². The Hall–Kier alpha value is -3.39. The molecular weight excluding hydrogens is 312 g/mol. The maximum Gasteiger partial charge on any atom is 0.251 e. The first-order valence-electron chi connectivity index (χ1n) is 7.98. The van der Waals surface area contributed by atoms with Crippen LogP contribution in [0.3, 0.4) is 0 Å². The second-order valence-corrected chi connectivity index (χ2v) is 5.88. The number of amides is 1. The maximum absolute atomic E-state index is 12.3. The number of hydrogen-bond donors (Lipinski definition) is 1. The Morgan fingerprint density at radius 2 is 1.80 bits per heavy atom. The molecule has 1 heterocycles. The molecule has 1 amide bonds. The number of aromatic nitrogens is 2. The Balaban J connectivity index is 1.66. The quantitative estimate of drug-likeness (QED) is 0.798. The van der Waals surface area contributed by atoms with Crippen LogP contribution in [-0.2, 0) is 6.54 Å². The van der Waals surface area contributed by atoms with E-state index in [4.69, 9.17) is 5.26 Å². The summed E-state index contributed by atoms with van der Waals surface area (Å²) >= 11 is 0. The van der Waals surface area contributed by atoms with Crippen molar-refractivity contribution in [2.24, 2.45) is 0 Å². The van der Waals surface area contributed by atoms with Crippen LogP contribution in [-0.4, -0.2) is 15.7 Å². The first kappa shape index (κ1) is 16.5. The van der Waals surface area contributed by atoms with Crippen molar-refractivity contribution in [3.05, 3.63) is 82.7 Å². The largest absolute Gasteiger partial charge is 0.348 e. The van der Waals surface area contributed by atoms with E-state index < -0.39 is 0 Å². The fraction of sp³-hybridized carbons (Fsp3) is 0.150. The van der Waals surface area contributed by atoms with Gasteiger partial charge in [0.25, 0.3) is 5.91 Å². The molecule has 0 aliphatic carbocycles. The van der Waals surface area contributed by atoms with Crippen molar-refractivity contribution in [2.75, 3.05) is 0 Å². The van der Waals surface area contributed by atoms with Gasteiger partial charge in [-0.1, -0.05) is 12.1 Å². The van der Waals surface area contributed by atoms with E-state index in [1.807, 2.05) is 48.9 Å². The van der Waals surface area contributed by atoms with E-state index in [1.165, 1.54) is 0 Å². The van der Waals surface area contributed by atoms with Crippen LogP contribution in [0, 0.1) is 25.2 Å². The third-order valence-electron chi connectivity index (χ3n) is 3.92. The van der Waals surface area contributed by atoms with Crippen molar-refractivity contribution in [1.82, 2.24) is 15.1 Å². The van der Waals surface area contributed by atoms with Gasteiger partial charge in [-0.15, -0.1) is 0 Å². The monoisotopic (exact) mass is 330 g/mol. The zero-order chi connectivity index (χ0) is 17.8. The molecule has 0 bridgehead atoms. The Morgan fingerprint density at radius 1 is 1.12 bits per heavy atom. The highest BCUT2D eigenvalue weighted by molar-refractivity contribution is 5.94. The van der Waals surface area contributed by atoms with Gasteiger partial charge in [-0.05, 0) is 61.9 Å². The Bertz CT molecular complexity index is 931. The van der Waals surface area contributed by atoms with Gasteiger partial charge in [-0.3, -0.25) is 4.79 Å². The van der Waals surface area contributed by atoms with E-state index >= 15 is 0 Å². The fourth-order valence-corrected chi connectivity index (χ4v) is 2.63. The number of nitriles is 1. The van der Waals surface area contributed by atoms with Gasteiger partial charge in [0.1, 0.15) is 0 Å². The van der Waals surface area contributed by atoms with E-state index in [-0.39, 0.29) is 5.91 Å². The molecule has 5 heteroatoms. The maximum atomic E-state index is 12.3. The zero-order valence-electron chi connectivity index (χ0n) is 14.2. The summed E-state index contributed by atoms with van der Waals surface area (Å²) in [4.78, 5) is 12.3. The number of carbonyl (C=O) groups is 1. The summed E-state index contributed by atoms with van der Waals surface area (Å²) in [6, 6.07) is 18.6. The molecule has 3 rings (SSSR count). The molecule has 1 N–H and O–H groups in total. The molecule has 5 nitrogen and oxygen atoms in total. The standard InChI is InChI=1S/C20H18N4O/c1-14-11-15(2)24(23-14)19-9-7-18(8-10-19)20(25)22-13-17-5-3-16(12-21)4-6-17/h3-11H,13H2,1-2H3,(H,22,25). The minimum absolute atomic E-state index is 0.135. The average Bonchev–Trinajstić information content (AvgIpc) is 2.98. The summed E-state index contributed by atoms with van der Waals surface area (Å²) in [5.74, 6) is -0.135. The Labute approximate surface area is 146 Å². The lowest BCUT2D eigenvalue weighted by atomic mass is 10.1. The molecule has 0 fully saturated rings. The summed E-state index contributed by atoms with van der Waals surface area (Å²) in [7, 11) is 0. The number of nitrogens with one attached hydrogen (secondary N) is 1. The van der Waals surface area contributed by atoms with E-state index in [1.54, 1.807) is 24.3 Å². The van der Waals surface area contributed by atoms with Crippen molar-refractivity contribution in [3.8, 4) is 11.8 Å². The number of hydrogen-bond acceptors (Lipinski definition) is 3. The van der Waals surface area contributed by atoms with Crippen molar-refractivity contribution in [2.45, 2.75) is 20.4 Å². The number of benzene rings is 2. The van der Waals surface area contributed by atoms with Crippen LogP contribution in [0.25, 0.3) is 5.69 Å². The highest BCUT2D eigenvalue weighted by Gasteiger charge is 2.08. The molecular formula is C20H18N4O. The van der Waals surface area contributed by atoms with Crippen molar-refractivity contribution in [3.63, 3.8) is 0 Å². The van der Waals surface area contributed by atoms with Gasteiger partial charge in [0.15, 0.2) is 0 Å². The van der Waals surface area contributed by atoms with Crippen LogP contribution < -0.4 is 5.32 Å². The normalized spacial score (nSPS) is 10.3. The molecule has 2 aromatic carbocycles. The SMILES string of the molecule is Cc1cc(C)n(-c2ccc(C(=O)NCc3ccc(C#N)cc3)cc2)n1. The van der Waals surface area contributed by atoms with E-state index in [2.05, 4.69) is 16.5 Å². The third-order valence-corrected chi connectivity index (χ3v) is 3.92. The topological polar surface area (TPSA) is 70.7 Å². The van der Waals surface area contributed by atoms with Gasteiger partial charge >= 0.3 is 0 Å². The van der Waals surface area contributed by atoms with Crippen LogP contribution >= 0.6 is 0 Å². The summed E-state index contributed by atoms with van der Waals surface area (Å²) in [5, 5.41) is 16.1. The summed E-state index contributed by atoms with van der Waals surface area (Å²) < 4.78 is 1.85. The molecule has 0 unspecified atom stereocenters. The van der Waals surface area contributed by atoms with E-state index in [0.29, 0.717) is 17.7 Å². The molecule has 0 spiro atoms. The smallest absolute Gasteiger partial charge is 0.251 e. The second kappa shape index (κ2) is 7.02. The van der Waals surface area contributed by atoms with Gasteiger partial charge in [-0.25, -0.2) is 4.68 Å². The first-order chi connectivity index (χ1) is 12.1. The highest BCUT2D eigenvalue weighted by Crippen LogP contribution is 2.13. The molecule has 0 saturated carbocycles. The minimum atomic E-state index is -0.135. The molecule has 0 atom stereocenters. The molecule has 3 aromatic rings. The zero-order valence-corrected chi connectivity index (χ0v) is 14.2. The minimum Gasteiger partial charge on any atom is -0.348 e. The molecule has 1 aromatic heterocycles. The predicted octanol–water partition coefficient (Wildman–Crippen LogP) is 3.29. The fourth-order valence-electron chi connectivity index (χ4n) is 2.63. The molecule has 25 heavy (non-hydrogen) atoms. The molecule has 0 radical (unpaired) electrons. The highest BCUT2D eigenvalue weighted by atomic mass is 16.1. The van der Waals surface area contributed by atoms with Crippen molar-refractivity contribution >= 4 is 5.91 Å². The van der Waals surface area contributed by atoms with Gasteiger partial charge < -0.3 is 5.32 Å². The Kier molecular flexibility index (Phi) is 4.62. The van der Waals surface area contributed by atoms with Crippen molar-refractivity contribution in [1.29, 1.82) is 5.26 Å². The Morgan fingerprint density at radius 3 is 2.36 bits per heavy atom. The first-order valence-corrected chi connectivity index (χ1v) is 7.98. The molecule has 0 saturated heterocycles. The van der Waals surface area contributed by atoms with Gasteiger partial charge in [-0.2, -0.15) is 10.4 Å². The molecule has 0 aliphatic rings. The van der Waals surface area contributed by atoms with Gasteiger partial charge in [0.2, 0.25) is 0 Å². The lowest BCUT2D eigenvalue weighted by molar-refractivity contribution is 0.0951. The van der Waals surface area contributed by atoms with Gasteiger partial charge in [0.05, 0.1) is 23.0 Å². The lowest BCUT2D eigenvalue weighted by Crippen LogP contribution is -2.22. The van der Waals surface area contributed by atoms with Crippen LogP contribution in [0.5, 0.6) is 0 Å². The lowest BCUT2D eigenvalue weighted by Gasteiger charge is -2.08. The number of nitrogens with zero attached hydrogens (tertiary/aromatic N) is 3. The summed E-state index contributed by atoms with van der Waals surface area (Å²) in [6.45, 7) is 4.37. The van der Waals surface area contributed by atoms with Gasteiger partial charge in [0, 0.05) is 17.8 Å². The number of rotatable bonds is 4. The molecule has 124 valence electrons. The van der Waals surface area contributed by atoms with E-state index in [9.17, 15) is 4.79 Å². The summed E-state index contributed by atoms with van der Waals surface area (Å²) in [5.41, 5.74) is 5.09. The van der Waals surface area contributed by atoms with Crippen molar-refractivity contribution < 1.29 is 4.79 Å².